The van der Waals surface area contributed by atoms with Crippen LogP contribution in [0.15, 0.2) is 9.59 Å². The highest BCUT2D eigenvalue weighted by Gasteiger charge is 2.30. The predicted molar refractivity (Wildman–Crippen MR) is 81.1 cm³/mol. The Balaban J connectivity index is 2.37. The molecule has 1 aromatic heterocycles. The van der Waals surface area contributed by atoms with Gasteiger partial charge in [-0.3, -0.25) is 14.3 Å². The molecular weight excluding hydrogens is 256 g/mol. The summed E-state index contributed by atoms with van der Waals surface area (Å²) in [4.78, 5) is 26.2. The maximum absolute atomic E-state index is 12.0. The van der Waals surface area contributed by atoms with Crippen LogP contribution in [0.4, 0.5) is 11.5 Å². The van der Waals surface area contributed by atoms with Gasteiger partial charge in [-0.05, 0) is 26.2 Å². The van der Waals surface area contributed by atoms with Gasteiger partial charge in [-0.1, -0.05) is 26.2 Å². The van der Waals surface area contributed by atoms with E-state index in [9.17, 15) is 9.59 Å². The van der Waals surface area contributed by atoms with E-state index in [1.54, 1.807) is 0 Å². The predicted octanol–water partition coefficient (Wildman–Crippen LogP) is 1.66. The molecule has 0 amide bonds. The van der Waals surface area contributed by atoms with Crippen molar-refractivity contribution in [2.45, 2.75) is 64.5 Å². The van der Waals surface area contributed by atoms with Gasteiger partial charge >= 0.3 is 5.69 Å². The Labute approximate surface area is 118 Å². The van der Waals surface area contributed by atoms with Crippen LogP contribution in [0.25, 0.3) is 0 Å². The SMILES string of the molecule is CCCCn1c(N)c(NC2(C)CCCC2)c(=O)[nH]c1=O. The van der Waals surface area contributed by atoms with Gasteiger partial charge in [-0.25, -0.2) is 4.79 Å². The van der Waals surface area contributed by atoms with Gasteiger partial charge in [0.15, 0.2) is 0 Å². The van der Waals surface area contributed by atoms with Gasteiger partial charge in [0.2, 0.25) is 0 Å². The largest absolute Gasteiger partial charge is 0.383 e. The summed E-state index contributed by atoms with van der Waals surface area (Å²) in [5.74, 6) is 0.250. The van der Waals surface area contributed by atoms with E-state index in [2.05, 4.69) is 17.2 Å². The third-order valence-electron chi connectivity index (χ3n) is 4.11. The lowest BCUT2D eigenvalue weighted by Gasteiger charge is -2.27. The molecular formula is C14H24N4O2. The molecule has 0 spiro atoms. The zero-order valence-corrected chi connectivity index (χ0v) is 12.3. The van der Waals surface area contributed by atoms with Crippen LogP contribution in [0.5, 0.6) is 0 Å². The molecule has 0 aromatic carbocycles. The van der Waals surface area contributed by atoms with Crippen molar-refractivity contribution in [2.75, 3.05) is 11.1 Å². The highest BCUT2D eigenvalue weighted by atomic mass is 16.2. The molecule has 0 aliphatic heterocycles. The monoisotopic (exact) mass is 280 g/mol. The maximum atomic E-state index is 12.0. The Kier molecular flexibility index (Phi) is 4.20. The maximum Gasteiger partial charge on any atom is 0.330 e. The molecule has 20 heavy (non-hydrogen) atoms. The van der Waals surface area contributed by atoms with Crippen LogP contribution in [0.1, 0.15) is 52.4 Å². The number of anilines is 2. The lowest BCUT2D eigenvalue weighted by atomic mass is 10.0. The molecule has 1 heterocycles. The summed E-state index contributed by atoms with van der Waals surface area (Å²) in [7, 11) is 0. The fourth-order valence-corrected chi connectivity index (χ4v) is 2.83. The minimum Gasteiger partial charge on any atom is -0.383 e. The van der Waals surface area contributed by atoms with E-state index in [1.807, 2.05) is 6.92 Å². The Morgan fingerprint density at radius 3 is 2.60 bits per heavy atom. The first-order chi connectivity index (χ1) is 9.47. The van der Waals surface area contributed by atoms with Crippen LogP contribution in [0.3, 0.4) is 0 Å². The molecule has 0 radical (unpaired) electrons. The van der Waals surface area contributed by atoms with Gasteiger partial charge in [0, 0.05) is 12.1 Å². The molecule has 1 saturated carbocycles. The summed E-state index contributed by atoms with van der Waals surface area (Å²) in [5, 5.41) is 3.27. The molecule has 4 N–H and O–H groups in total. The van der Waals surface area contributed by atoms with Crippen molar-refractivity contribution in [2.24, 2.45) is 0 Å². The Morgan fingerprint density at radius 2 is 2.00 bits per heavy atom. The van der Waals surface area contributed by atoms with Crippen molar-refractivity contribution >= 4 is 11.5 Å². The molecule has 0 unspecified atom stereocenters. The van der Waals surface area contributed by atoms with Gasteiger partial charge in [0.05, 0.1) is 0 Å². The van der Waals surface area contributed by atoms with Crippen molar-refractivity contribution in [3.8, 4) is 0 Å². The van der Waals surface area contributed by atoms with Crippen LogP contribution in [0.2, 0.25) is 0 Å². The Hall–Kier alpha value is -1.72. The van der Waals surface area contributed by atoms with Crippen molar-refractivity contribution in [1.29, 1.82) is 0 Å². The summed E-state index contributed by atoms with van der Waals surface area (Å²) in [6.07, 6.45) is 6.14. The molecule has 2 rings (SSSR count). The number of nitrogen functional groups attached to an aromatic ring is 1. The van der Waals surface area contributed by atoms with E-state index >= 15 is 0 Å². The highest BCUT2D eigenvalue weighted by Crippen LogP contribution is 2.32. The van der Waals surface area contributed by atoms with Crippen LogP contribution in [0, 0.1) is 0 Å². The highest BCUT2D eigenvalue weighted by molar-refractivity contribution is 5.61. The molecule has 1 aromatic rings. The van der Waals surface area contributed by atoms with Crippen LogP contribution < -0.4 is 22.3 Å². The van der Waals surface area contributed by atoms with Gasteiger partial charge in [-0.2, -0.15) is 0 Å². The van der Waals surface area contributed by atoms with Gasteiger partial charge < -0.3 is 11.1 Å². The quantitative estimate of drug-likeness (QED) is 0.764. The average molecular weight is 280 g/mol. The summed E-state index contributed by atoms with van der Waals surface area (Å²) in [5.41, 5.74) is 5.43. The number of unbranched alkanes of at least 4 members (excludes halogenated alkanes) is 1. The fraction of sp³-hybridized carbons (Fsp3) is 0.714. The third-order valence-corrected chi connectivity index (χ3v) is 4.11. The second-order valence-corrected chi connectivity index (χ2v) is 5.92. The van der Waals surface area contributed by atoms with E-state index in [1.165, 1.54) is 4.57 Å². The average Bonchev–Trinajstić information content (AvgIpc) is 2.81. The first kappa shape index (κ1) is 14.7. The topological polar surface area (TPSA) is 92.9 Å². The van der Waals surface area contributed by atoms with Crippen molar-refractivity contribution in [1.82, 2.24) is 9.55 Å². The molecule has 6 heteroatoms. The van der Waals surface area contributed by atoms with Gasteiger partial charge in [-0.15, -0.1) is 0 Å². The van der Waals surface area contributed by atoms with Crippen molar-refractivity contribution < 1.29 is 0 Å². The van der Waals surface area contributed by atoms with Crippen molar-refractivity contribution in [3.63, 3.8) is 0 Å². The number of H-pyrrole nitrogens is 1. The molecule has 1 fully saturated rings. The van der Waals surface area contributed by atoms with E-state index in [-0.39, 0.29) is 11.4 Å². The number of aromatic nitrogens is 2. The minimum atomic E-state index is -0.428. The molecule has 0 atom stereocenters. The van der Waals surface area contributed by atoms with Crippen LogP contribution in [-0.4, -0.2) is 15.1 Å². The molecule has 0 saturated heterocycles. The zero-order chi connectivity index (χ0) is 14.8. The molecule has 6 nitrogen and oxygen atoms in total. The van der Waals surface area contributed by atoms with E-state index < -0.39 is 11.2 Å². The van der Waals surface area contributed by atoms with Gasteiger partial charge in [0.25, 0.3) is 5.56 Å². The van der Waals surface area contributed by atoms with Crippen molar-refractivity contribution in [3.05, 3.63) is 20.8 Å². The number of hydrogen-bond donors (Lipinski definition) is 3. The lowest BCUT2D eigenvalue weighted by molar-refractivity contribution is 0.529. The number of hydrogen-bond acceptors (Lipinski definition) is 4. The Morgan fingerprint density at radius 1 is 1.35 bits per heavy atom. The van der Waals surface area contributed by atoms with Crippen LogP contribution in [-0.2, 0) is 6.54 Å². The summed E-state index contributed by atoms with van der Waals surface area (Å²) in [6, 6.07) is 0. The summed E-state index contributed by atoms with van der Waals surface area (Å²) < 4.78 is 1.45. The Bertz CT molecular complexity index is 582. The van der Waals surface area contributed by atoms with E-state index in [0.717, 1.165) is 38.5 Å². The number of rotatable bonds is 5. The molecule has 1 aliphatic rings. The first-order valence-corrected chi connectivity index (χ1v) is 7.37. The fourth-order valence-electron chi connectivity index (χ4n) is 2.83. The number of nitrogens with one attached hydrogen (secondary N) is 2. The zero-order valence-electron chi connectivity index (χ0n) is 12.3. The summed E-state index contributed by atoms with van der Waals surface area (Å²) in [6.45, 7) is 4.68. The molecule has 0 bridgehead atoms. The lowest BCUT2D eigenvalue weighted by Crippen LogP contribution is -2.39. The second kappa shape index (κ2) is 5.73. The van der Waals surface area contributed by atoms with Crippen LogP contribution >= 0.6 is 0 Å². The first-order valence-electron chi connectivity index (χ1n) is 7.37. The third kappa shape index (κ3) is 2.89. The smallest absolute Gasteiger partial charge is 0.330 e. The minimum absolute atomic E-state index is 0.103. The standard InChI is InChI=1S/C14H24N4O2/c1-3-4-9-18-11(15)10(12(19)16-13(18)20)17-14(2)7-5-6-8-14/h17H,3-9,15H2,1-2H3,(H,16,19,20). The number of nitrogens with zero attached hydrogens (tertiary/aromatic N) is 1. The van der Waals surface area contributed by atoms with E-state index in [4.69, 9.17) is 5.73 Å². The number of nitrogens with two attached hydrogens (primary N) is 1. The second-order valence-electron chi connectivity index (χ2n) is 5.92. The number of aromatic amines is 1. The van der Waals surface area contributed by atoms with Gasteiger partial charge in [0.1, 0.15) is 11.5 Å². The van der Waals surface area contributed by atoms with E-state index in [0.29, 0.717) is 12.2 Å². The molecule has 1 aliphatic carbocycles. The summed E-state index contributed by atoms with van der Waals surface area (Å²) >= 11 is 0. The normalized spacial score (nSPS) is 17.3. The molecule has 112 valence electrons.